The summed E-state index contributed by atoms with van der Waals surface area (Å²) in [5, 5.41) is 4.62. The Bertz CT molecular complexity index is 3240. The summed E-state index contributed by atoms with van der Waals surface area (Å²) in [4.78, 5) is 15.2. The van der Waals surface area contributed by atoms with Crippen molar-refractivity contribution in [3.8, 4) is 67.5 Å². The quantitative estimate of drug-likeness (QED) is 0.171. The van der Waals surface area contributed by atoms with Gasteiger partial charge in [0, 0.05) is 42.1 Å². The summed E-state index contributed by atoms with van der Waals surface area (Å²) in [7, 11) is 0. The molecule has 0 aliphatic carbocycles. The van der Waals surface area contributed by atoms with Gasteiger partial charge in [-0.1, -0.05) is 158 Å². The summed E-state index contributed by atoms with van der Waals surface area (Å²) in [6.07, 6.45) is 0. The van der Waals surface area contributed by atoms with Gasteiger partial charge in [-0.15, -0.1) is 11.3 Å². The van der Waals surface area contributed by atoms with Gasteiger partial charge in [0.05, 0.1) is 5.56 Å². The van der Waals surface area contributed by atoms with Gasteiger partial charge in [0.1, 0.15) is 11.2 Å². The first-order valence-electron chi connectivity index (χ1n) is 18.7. The van der Waals surface area contributed by atoms with Gasteiger partial charge in [-0.25, -0.2) is 15.0 Å². The van der Waals surface area contributed by atoms with Gasteiger partial charge in [-0.05, 0) is 63.7 Å². The van der Waals surface area contributed by atoms with E-state index in [0.717, 1.165) is 55.3 Å². The van der Waals surface area contributed by atoms with Crippen molar-refractivity contribution >= 4 is 53.4 Å². The number of furan rings is 1. The van der Waals surface area contributed by atoms with Gasteiger partial charge in [-0.3, -0.25) is 0 Å². The molecule has 3 aromatic heterocycles. The van der Waals surface area contributed by atoms with Crippen LogP contribution in [0.4, 0.5) is 0 Å². The molecule has 0 aliphatic rings. The maximum Gasteiger partial charge on any atom is 0.167 e. The van der Waals surface area contributed by atoms with Crippen molar-refractivity contribution < 1.29 is 4.42 Å². The Morgan fingerprint density at radius 2 is 0.964 bits per heavy atom. The smallest absolute Gasteiger partial charge is 0.167 e. The predicted molar refractivity (Wildman–Crippen MR) is 233 cm³/mol. The van der Waals surface area contributed by atoms with Crippen molar-refractivity contribution in [2.75, 3.05) is 0 Å². The van der Waals surface area contributed by atoms with Crippen LogP contribution in [0.5, 0.6) is 0 Å². The van der Waals surface area contributed by atoms with Crippen LogP contribution in [0.1, 0.15) is 0 Å². The van der Waals surface area contributed by atoms with Crippen LogP contribution >= 0.6 is 11.3 Å². The minimum atomic E-state index is 0.562. The van der Waals surface area contributed by atoms with Gasteiger partial charge in [-0.2, -0.15) is 0 Å². The first kappa shape index (κ1) is 32.2. The van der Waals surface area contributed by atoms with E-state index in [2.05, 4.69) is 146 Å². The molecule has 0 bridgehead atoms. The molecular formula is C51H31N3OS. The van der Waals surface area contributed by atoms with E-state index in [1.807, 2.05) is 53.8 Å². The Labute approximate surface area is 327 Å². The summed E-state index contributed by atoms with van der Waals surface area (Å²) in [5.74, 6) is 1.77. The minimum absolute atomic E-state index is 0.562. The summed E-state index contributed by atoms with van der Waals surface area (Å²) >= 11 is 1.86. The molecule has 0 aliphatic heterocycles. The van der Waals surface area contributed by atoms with E-state index in [0.29, 0.717) is 17.5 Å². The molecule has 11 aromatic rings. The molecule has 3 heterocycles. The fourth-order valence-corrected chi connectivity index (χ4v) is 9.13. The van der Waals surface area contributed by atoms with E-state index in [1.54, 1.807) is 0 Å². The third-order valence-electron chi connectivity index (χ3n) is 10.6. The summed E-state index contributed by atoms with van der Waals surface area (Å²) in [6.45, 7) is 0. The van der Waals surface area contributed by atoms with E-state index in [9.17, 15) is 0 Å². The third kappa shape index (κ3) is 5.48. The average molecular weight is 734 g/mol. The van der Waals surface area contributed by atoms with Crippen molar-refractivity contribution in [1.82, 2.24) is 15.0 Å². The molecule has 4 nitrogen and oxygen atoms in total. The second-order valence-electron chi connectivity index (χ2n) is 13.9. The number of hydrogen-bond donors (Lipinski definition) is 0. The summed E-state index contributed by atoms with van der Waals surface area (Å²) in [6, 6.07) is 65.6. The molecule has 0 N–H and O–H groups in total. The van der Waals surface area contributed by atoms with Crippen LogP contribution in [0.15, 0.2) is 192 Å². The number of thiophene rings is 1. The van der Waals surface area contributed by atoms with Gasteiger partial charge in [0.2, 0.25) is 0 Å². The van der Waals surface area contributed by atoms with Gasteiger partial charge < -0.3 is 4.42 Å². The van der Waals surface area contributed by atoms with Crippen molar-refractivity contribution in [1.29, 1.82) is 0 Å². The van der Waals surface area contributed by atoms with Crippen molar-refractivity contribution in [2.24, 2.45) is 0 Å². The number of nitrogens with zero attached hydrogens (tertiary/aromatic N) is 3. The monoisotopic (exact) mass is 733 g/mol. The van der Waals surface area contributed by atoms with Gasteiger partial charge >= 0.3 is 0 Å². The van der Waals surface area contributed by atoms with Crippen molar-refractivity contribution in [3.05, 3.63) is 188 Å². The molecule has 262 valence electrons. The predicted octanol–water partition coefficient (Wildman–Crippen LogP) is 14.1. The molecule has 0 unspecified atom stereocenters. The first-order valence-corrected chi connectivity index (χ1v) is 19.5. The molecule has 11 rings (SSSR count). The van der Waals surface area contributed by atoms with Crippen molar-refractivity contribution in [2.45, 2.75) is 0 Å². The maximum absolute atomic E-state index is 6.72. The highest BCUT2D eigenvalue weighted by molar-refractivity contribution is 7.26. The fraction of sp³-hybridized carbons (Fsp3) is 0. The Morgan fingerprint density at radius 1 is 0.357 bits per heavy atom. The molecule has 8 aromatic carbocycles. The highest BCUT2D eigenvalue weighted by Gasteiger charge is 2.20. The number of aromatic nitrogens is 3. The second-order valence-corrected chi connectivity index (χ2v) is 15.0. The van der Waals surface area contributed by atoms with Gasteiger partial charge in [0.25, 0.3) is 0 Å². The Kier molecular flexibility index (Phi) is 7.64. The zero-order valence-corrected chi connectivity index (χ0v) is 30.9. The van der Waals surface area contributed by atoms with Crippen LogP contribution in [0.3, 0.4) is 0 Å². The Hall–Kier alpha value is -7.21. The lowest BCUT2D eigenvalue weighted by molar-refractivity contribution is 0.669. The first-order chi connectivity index (χ1) is 27.7. The van der Waals surface area contributed by atoms with Crippen LogP contribution in [0.25, 0.3) is 110 Å². The summed E-state index contributed by atoms with van der Waals surface area (Å²) in [5.41, 5.74) is 11.3. The number of benzene rings is 8. The Balaban J connectivity index is 1.08. The lowest BCUT2D eigenvalue weighted by Crippen LogP contribution is -2.00. The molecule has 0 saturated carbocycles. The molecule has 0 spiro atoms. The average Bonchev–Trinajstić information content (AvgIpc) is 3.86. The van der Waals surface area contributed by atoms with Gasteiger partial charge in [0.15, 0.2) is 17.5 Å². The maximum atomic E-state index is 6.72. The number of rotatable bonds is 6. The zero-order valence-electron chi connectivity index (χ0n) is 30.1. The highest BCUT2D eigenvalue weighted by Crippen LogP contribution is 2.46. The number of para-hydroxylation sites is 1. The third-order valence-corrected chi connectivity index (χ3v) is 11.8. The molecular weight excluding hydrogens is 703 g/mol. The molecule has 0 radical (unpaired) electrons. The van der Waals surface area contributed by atoms with Crippen LogP contribution in [0.2, 0.25) is 0 Å². The van der Waals surface area contributed by atoms with E-state index < -0.39 is 0 Å². The van der Waals surface area contributed by atoms with E-state index >= 15 is 0 Å². The van der Waals surface area contributed by atoms with E-state index in [4.69, 9.17) is 19.4 Å². The van der Waals surface area contributed by atoms with Crippen molar-refractivity contribution in [3.63, 3.8) is 0 Å². The normalized spacial score (nSPS) is 11.6. The molecule has 56 heavy (non-hydrogen) atoms. The SMILES string of the molecule is c1ccc(-c2cccc(-c3nc(-c4ccccc4)nc(-c4cccc5c4oc4ccc(-c6ccc(-c7ccccc7)c7sc8ccccc8c67)cc45)n3)c2)cc1. The van der Waals surface area contributed by atoms with E-state index in [-0.39, 0.29) is 0 Å². The molecule has 0 atom stereocenters. The lowest BCUT2D eigenvalue weighted by Gasteiger charge is -2.10. The molecule has 0 amide bonds. The Morgan fingerprint density at radius 3 is 1.77 bits per heavy atom. The zero-order chi connectivity index (χ0) is 37.0. The molecule has 0 saturated heterocycles. The number of fused-ring (bicyclic) bond motifs is 6. The number of hydrogen-bond acceptors (Lipinski definition) is 5. The van der Waals surface area contributed by atoms with Crippen LogP contribution < -0.4 is 0 Å². The molecule has 0 fully saturated rings. The minimum Gasteiger partial charge on any atom is -0.455 e. The largest absolute Gasteiger partial charge is 0.455 e. The topological polar surface area (TPSA) is 51.8 Å². The standard InChI is InChI=1S/C51H31N3OS/c1-4-14-32(15-5-1)35-20-12-21-37(30-35)50-52-49(34-18-8-3-9-19-34)53-51(54-50)42-24-13-23-40-43-31-36(26-29-44(43)55-47(40)42)38-27-28-39(33-16-6-2-7-17-33)48-46(38)41-22-10-11-25-45(41)56-48/h1-31H. The highest BCUT2D eigenvalue weighted by atomic mass is 32.1. The molecule has 5 heteroatoms. The van der Waals surface area contributed by atoms with Crippen LogP contribution in [0, 0.1) is 0 Å². The second kappa shape index (κ2) is 13.3. The van der Waals surface area contributed by atoms with E-state index in [1.165, 1.54) is 36.9 Å². The van der Waals surface area contributed by atoms with Crippen LogP contribution in [-0.4, -0.2) is 15.0 Å². The summed E-state index contributed by atoms with van der Waals surface area (Å²) < 4.78 is 9.30. The van der Waals surface area contributed by atoms with Crippen LogP contribution in [-0.2, 0) is 0 Å². The fourth-order valence-electron chi connectivity index (χ4n) is 7.87. The lowest BCUT2D eigenvalue weighted by atomic mass is 9.94.